The number of aliphatic hydroxyl groups is 2. The SMILES string of the molecule is CC(=O)N(C)c1nc([C@H]2CCCN2C(=O)[C@H](O)[C@@H](O)C(=O)N[C@H](C)c2ccc(N(C)/C=C\C=N)cc2)cs1. The minimum Gasteiger partial charge on any atom is -0.380 e. The van der Waals surface area contributed by atoms with Crippen LogP contribution in [0.3, 0.4) is 0 Å². The number of carbonyl (C=O) groups excluding carboxylic acids is 3. The van der Waals surface area contributed by atoms with Crippen molar-refractivity contribution in [2.24, 2.45) is 0 Å². The first-order valence-electron chi connectivity index (χ1n) is 12.2. The van der Waals surface area contributed by atoms with Crippen LogP contribution in [0, 0.1) is 5.41 Å². The average molecular weight is 543 g/mol. The number of thiazole rings is 1. The number of rotatable bonds is 10. The van der Waals surface area contributed by atoms with E-state index in [0.29, 0.717) is 30.2 Å². The molecular weight excluding hydrogens is 508 g/mol. The van der Waals surface area contributed by atoms with E-state index < -0.39 is 36.1 Å². The number of aromatic nitrogens is 1. The van der Waals surface area contributed by atoms with Crippen molar-refractivity contribution in [3.63, 3.8) is 0 Å². The Morgan fingerprint density at radius 1 is 1.21 bits per heavy atom. The third kappa shape index (κ3) is 6.63. The van der Waals surface area contributed by atoms with Crippen LogP contribution in [0.2, 0.25) is 0 Å². The summed E-state index contributed by atoms with van der Waals surface area (Å²) in [5.74, 6) is -1.77. The zero-order valence-corrected chi connectivity index (χ0v) is 22.7. The van der Waals surface area contributed by atoms with Crippen LogP contribution in [0.1, 0.15) is 50.0 Å². The lowest BCUT2D eigenvalue weighted by molar-refractivity contribution is -0.154. The fourth-order valence-corrected chi connectivity index (χ4v) is 5.02. The Morgan fingerprint density at radius 2 is 1.89 bits per heavy atom. The van der Waals surface area contributed by atoms with E-state index in [0.717, 1.165) is 11.3 Å². The lowest BCUT2D eigenvalue weighted by atomic mass is 10.1. The molecule has 204 valence electrons. The quantitative estimate of drug-likeness (QED) is 0.335. The Hall–Kier alpha value is -3.61. The molecule has 1 fully saturated rings. The standard InChI is InChI=1S/C26H34N6O5S/c1-16(18-8-10-19(11-9-18)30(3)13-6-12-27)28-24(36)22(34)23(35)25(37)32-14-5-7-21(32)20-15-38-26(29-20)31(4)17(2)33/h6,8-13,15-16,21-23,27,34-35H,5,7,14H2,1-4H3,(H,28,36)/b13-6-,27-12?/t16-,21-,22-,23-/m1/s1. The molecule has 2 heterocycles. The molecule has 1 aliphatic rings. The molecule has 0 unspecified atom stereocenters. The fourth-order valence-electron chi connectivity index (χ4n) is 4.14. The number of benzene rings is 1. The molecule has 0 aliphatic carbocycles. The van der Waals surface area contributed by atoms with Gasteiger partial charge in [0.1, 0.15) is 0 Å². The van der Waals surface area contributed by atoms with Gasteiger partial charge in [-0.25, -0.2) is 4.98 Å². The molecule has 0 saturated carbocycles. The highest BCUT2D eigenvalue weighted by atomic mass is 32.1. The number of allylic oxidation sites excluding steroid dienone is 1. The van der Waals surface area contributed by atoms with E-state index in [4.69, 9.17) is 5.41 Å². The van der Waals surface area contributed by atoms with E-state index in [2.05, 4.69) is 10.3 Å². The summed E-state index contributed by atoms with van der Waals surface area (Å²) in [5, 5.41) is 33.1. The summed E-state index contributed by atoms with van der Waals surface area (Å²) in [6.07, 6.45) is 1.94. The molecule has 1 aromatic heterocycles. The molecule has 4 N–H and O–H groups in total. The molecule has 0 radical (unpaired) electrons. The summed E-state index contributed by atoms with van der Waals surface area (Å²) in [7, 11) is 3.46. The second-order valence-corrected chi connectivity index (χ2v) is 9.99. The van der Waals surface area contributed by atoms with Crippen molar-refractivity contribution in [3.8, 4) is 0 Å². The van der Waals surface area contributed by atoms with Crippen LogP contribution < -0.4 is 15.1 Å². The maximum Gasteiger partial charge on any atom is 0.255 e. The fraction of sp³-hybridized carbons (Fsp3) is 0.423. The van der Waals surface area contributed by atoms with Gasteiger partial charge in [-0.3, -0.25) is 19.3 Å². The monoisotopic (exact) mass is 542 g/mol. The van der Waals surface area contributed by atoms with Crippen LogP contribution in [-0.4, -0.2) is 76.9 Å². The van der Waals surface area contributed by atoms with Gasteiger partial charge in [-0.15, -0.1) is 11.3 Å². The van der Waals surface area contributed by atoms with E-state index in [9.17, 15) is 24.6 Å². The predicted octanol–water partition coefficient (Wildman–Crippen LogP) is 1.99. The molecule has 4 atom stereocenters. The minimum atomic E-state index is -1.95. The molecule has 1 aliphatic heterocycles. The topological polar surface area (TPSA) is 150 Å². The molecule has 3 amide bonds. The van der Waals surface area contributed by atoms with Crippen LogP contribution >= 0.6 is 11.3 Å². The number of carbonyl (C=O) groups is 3. The van der Waals surface area contributed by atoms with E-state index >= 15 is 0 Å². The zero-order chi connectivity index (χ0) is 28.0. The second-order valence-electron chi connectivity index (χ2n) is 9.15. The van der Waals surface area contributed by atoms with Gasteiger partial charge >= 0.3 is 0 Å². The number of aliphatic hydroxyl groups excluding tert-OH is 2. The van der Waals surface area contributed by atoms with Gasteiger partial charge in [0.15, 0.2) is 17.3 Å². The Bertz CT molecular complexity index is 1180. The normalized spacial score (nSPS) is 17.6. The van der Waals surface area contributed by atoms with Gasteiger partial charge in [0.2, 0.25) is 5.91 Å². The van der Waals surface area contributed by atoms with Gasteiger partial charge in [-0.2, -0.15) is 0 Å². The second kappa shape index (κ2) is 12.8. The summed E-state index contributed by atoms with van der Waals surface area (Å²) >= 11 is 1.28. The number of nitrogens with zero attached hydrogens (tertiary/aromatic N) is 4. The lowest BCUT2D eigenvalue weighted by Crippen LogP contribution is -2.51. The Morgan fingerprint density at radius 3 is 2.53 bits per heavy atom. The highest BCUT2D eigenvalue weighted by molar-refractivity contribution is 7.14. The molecule has 11 nitrogen and oxygen atoms in total. The summed E-state index contributed by atoms with van der Waals surface area (Å²) in [6, 6.07) is 6.45. The molecular formula is C26H34N6O5S. The van der Waals surface area contributed by atoms with Crippen LogP contribution in [0.5, 0.6) is 0 Å². The van der Waals surface area contributed by atoms with Crippen molar-refractivity contribution in [2.45, 2.75) is 51.0 Å². The van der Waals surface area contributed by atoms with Gasteiger partial charge in [-0.1, -0.05) is 12.1 Å². The van der Waals surface area contributed by atoms with Crippen molar-refractivity contribution in [1.29, 1.82) is 5.41 Å². The maximum atomic E-state index is 13.1. The number of hydrogen-bond donors (Lipinski definition) is 4. The molecule has 0 bridgehead atoms. The van der Waals surface area contributed by atoms with E-state index in [1.807, 2.05) is 36.2 Å². The first-order valence-corrected chi connectivity index (χ1v) is 13.1. The average Bonchev–Trinajstić information content (AvgIpc) is 3.60. The van der Waals surface area contributed by atoms with Crippen molar-refractivity contribution >= 4 is 46.1 Å². The molecule has 1 aromatic carbocycles. The molecule has 12 heteroatoms. The number of likely N-dealkylation sites (tertiary alicyclic amines) is 1. The van der Waals surface area contributed by atoms with Gasteiger partial charge in [-0.05, 0) is 43.5 Å². The van der Waals surface area contributed by atoms with Crippen LogP contribution in [0.25, 0.3) is 0 Å². The van der Waals surface area contributed by atoms with Crippen molar-refractivity contribution < 1.29 is 24.6 Å². The number of anilines is 2. The van der Waals surface area contributed by atoms with Gasteiger partial charge < -0.3 is 30.7 Å². The van der Waals surface area contributed by atoms with Crippen LogP contribution in [0.15, 0.2) is 41.9 Å². The van der Waals surface area contributed by atoms with Gasteiger partial charge in [0, 0.05) is 51.0 Å². The third-order valence-corrected chi connectivity index (χ3v) is 7.47. The molecule has 38 heavy (non-hydrogen) atoms. The van der Waals surface area contributed by atoms with Crippen molar-refractivity contribution in [2.75, 3.05) is 30.4 Å². The Balaban J connectivity index is 1.62. The lowest BCUT2D eigenvalue weighted by Gasteiger charge is -2.28. The molecule has 0 spiro atoms. The number of amides is 3. The number of nitrogens with one attached hydrogen (secondary N) is 2. The smallest absolute Gasteiger partial charge is 0.255 e. The Kier molecular flexibility index (Phi) is 9.72. The van der Waals surface area contributed by atoms with Gasteiger partial charge in [0.25, 0.3) is 11.8 Å². The third-order valence-electron chi connectivity index (χ3n) is 6.53. The largest absolute Gasteiger partial charge is 0.380 e. The predicted molar refractivity (Wildman–Crippen MR) is 146 cm³/mol. The summed E-state index contributed by atoms with van der Waals surface area (Å²) in [4.78, 5) is 46.6. The number of hydrogen-bond acceptors (Lipinski definition) is 9. The summed E-state index contributed by atoms with van der Waals surface area (Å²) < 4.78 is 0. The highest BCUT2D eigenvalue weighted by Crippen LogP contribution is 2.35. The van der Waals surface area contributed by atoms with Crippen LogP contribution in [-0.2, 0) is 14.4 Å². The first kappa shape index (κ1) is 29.0. The zero-order valence-electron chi connectivity index (χ0n) is 21.9. The summed E-state index contributed by atoms with van der Waals surface area (Å²) in [5.41, 5.74) is 2.26. The van der Waals surface area contributed by atoms with E-state index in [1.54, 1.807) is 31.6 Å². The minimum absolute atomic E-state index is 0.163. The van der Waals surface area contributed by atoms with E-state index in [-0.39, 0.29) is 5.91 Å². The maximum absolute atomic E-state index is 13.1. The van der Waals surface area contributed by atoms with E-state index in [1.165, 1.54) is 34.3 Å². The summed E-state index contributed by atoms with van der Waals surface area (Å²) in [6.45, 7) is 3.53. The first-order chi connectivity index (χ1) is 18.0. The Labute approximate surface area is 225 Å². The van der Waals surface area contributed by atoms with Crippen LogP contribution in [0.4, 0.5) is 10.8 Å². The van der Waals surface area contributed by atoms with Crippen molar-refractivity contribution in [1.82, 2.24) is 15.2 Å². The molecule has 2 aromatic rings. The molecule has 1 saturated heterocycles. The molecule has 3 rings (SSSR count). The highest BCUT2D eigenvalue weighted by Gasteiger charge is 2.39. The van der Waals surface area contributed by atoms with Crippen molar-refractivity contribution in [3.05, 3.63) is 53.2 Å². The van der Waals surface area contributed by atoms with Gasteiger partial charge in [0.05, 0.1) is 17.8 Å².